The summed E-state index contributed by atoms with van der Waals surface area (Å²) in [5, 5.41) is 10.7. The highest BCUT2D eigenvalue weighted by molar-refractivity contribution is 7.09. The number of amides is 1. The predicted molar refractivity (Wildman–Crippen MR) is 117 cm³/mol. The second kappa shape index (κ2) is 7.51. The SMILES string of the molecule is CN1CCc2c(nc(-n3ncc4c(C(N)=O)cccc43)nc2NCc2cccs2)C1. The van der Waals surface area contributed by atoms with Gasteiger partial charge < -0.3 is 16.0 Å². The van der Waals surface area contributed by atoms with Crippen LogP contribution in [0, 0.1) is 0 Å². The van der Waals surface area contributed by atoms with Crippen molar-refractivity contribution in [3.63, 3.8) is 0 Å². The highest BCUT2D eigenvalue weighted by atomic mass is 32.1. The summed E-state index contributed by atoms with van der Waals surface area (Å²) >= 11 is 1.71. The molecule has 0 atom stereocenters. The number of carbonyl (C=O) groups is 1. The molecule has 0 saturated heterocycles. The molecule has 5 rings (SSSR count). The molecule has 1 aliphatic heterocycles. The molecule has 3 N–H and O–H groups in total. The Kier molecular flexibility index (Phi) is 4.68. The number of hydrogen-bond donors (Lipinski definition) is 2. The van der Waals surface area contributed by atoms with Crippen molar-refractivity contribution in [2.45, 2.75) is 19.5 Å². The molecule has 0 spiro atoms. The van der Waals surface area contributed by atoms with Gasteiger partial charge in [-0.2, -0.15) is 14.8 Å². The van der Waals surface area contributed by atoms with Gasteiger partial charge in [-0.3, -0.25) is 4.79 Å². The third-order valence-electron chi connectivity index (χ3n) is 5.32. The van der Waals surface area contributed by atoms with Crippen molar-refractivity contribution >= 4 is 34.0 Å². The smallest absolute Gasteiger partial charge is 0.253 e. The van der Waals surface area contributed by atoms with E-state index in [1.807, 2.05) is 12.1 Å². The van der Waals surface area contributed by atoms with Crippen LogP contribution in [0.2, 0.25) is 0 Å². The Morgan fingerprint density at radius 2 is 2.17 bits per heavy atom. The van der Waals surface area contributed by atoms with Crippen LogP contribution in [-0.4, -0.2) is 44.1 Å². The minimum atomic E-state index is -0.480. The van der Waals surface area contributed by atoms with Crippen LogP contribution in [0.25, 0.3) is 16.9 Å². The van der Waals surface area contributed by atoms with E-state index in [0.717, 1.165) is 42.1 Å². The van der Waals surface area contributed by atoms with Crippen LogP contribution >= 0.6 is 11.3 Å². The number of aromatic nitrogens is 4. The fourth-order valence-electron chi connectivity index (χ4n) is 3.80. The maximum atomic E-state index is 11.8. The van der Waals surface area contributed by atoms with Crippen molar-refractivity contribution in [2.75, 3.05) is 18.9 Å². The molecule has 3 aromatic heterocycles. The van der Waals surface area contributed by atoms with Gasteiger partial charge in [0.05, 0.1) is 29.5 Å². The predicted octanol–water partition coefficient (Wildman–Crippen LogP) is 2.58. The standard InChI is InChI=1S/C21H21N7OS/c1-27-8-7-15-17(12-27)25-21(26-20(15)23-10-13-4-3-9-30-13)28-18-6-2-5-14(19(22)29)16(18)11-24-28/h2-6,9,11H,7-8,10,12H2,1H3,(H2,22,29)(H,23,25,26). The van der Waals surface area contributed by atoms with Crippen LogP contribution < -0.4 is 11.1 Å². The number of primary amides is 1. The fraction of sp³-hybridized carbons (Fsp3) is 0.238. The van der Waals surface area contributed by atoms with Crippen molar-refractivity contribution < 1.29 is 4.79 Å². The molecule has 0 fully saturated rings. The number of hydrogen-bond acceptors (Lipinski definition) is 7. The Morgan fingerprint density at radius 1 is 1.27 bits per heavy atom. The zero-order valence-electron chi connectivity index (χ0n) is 16.5. The Bertz CT molecular complexity index is 1230. The molecule has 1 aromatic carbocycles. The Labute approximate surface area is 177 Å². The number of carbonyl (C=O) groups excluding carboxylic acids is 1. The van der Waals surface area contributed by atoms with Crippen molar-refractivity contribution in [3.05, 3.63) is 63.6 Å². The minimum Gasteiger partial charge on any atom is -0.366 e. The van der Waals surface area contributed by atoms with Crippen molar-refractivity contribution in [3.8, 4) is 5.95 Å². The number of nitrogens with one attached hydrogen (secondary N) is 1. The van der Waals surface area contributed by atoms with Crippen molar-refractivity contribution in [1.29, 1.82) is 0 Å². The van der Waals surface area contributed by atoms with E-state index in [0.29, 0.717) is 23.4 Å². The van der Waals surface area contributed by atoms with Crippen LogP contribution in [0.5, 0.6) is 0 Å². The Morgan fingerprint density at radius 3 is 2.97 bits per heavy atom. The zero-order valence-corrected chi connectivity index (χ0v) is 17.3. The molecule has 0 unspecified atom stereocenters. The van der Waals surface area contributed by atoms with Gasteiger partial charge in [0.25, 0.3) is 5.95 Å². The topological polar surface area (TPSA) is 102 Å². The molecule has 9 heteroatoms. The largest absolute Gasteiger partial charge is 0.366 e. The second-order valence-corrected chi connectivity index (χ2v) is 8.41. The lowest BCUT2D eigenvalue weighted by atomic mass is 10.1. The zero-order chi connectivity index (χ0) is 20.7. The lowest BCUT2D eigenvalue weighted by Crippen LogP contribution is -2.29. The number of nitrogens with zero attached hydrogens (tertiary/aromatic N) is 5. The first kappa shape index (κ1) is 18.7. The maximum absolute atomic E-state index is 11.8. The van der Waals surface area contributed by atoms with Gasteiger partial charge in [-0.05, 0) is 37.0 Å². The summed E-state index contributed by atoms with van der Waals surface area (Å²) in [7, 11) is 2.09. The van der Waals surface area contributed by atoms with Gasteiger partial charge in [0.15, 0.2) is 0 Å². The van der Waals surface area contributed by atoms with E-state index < -0.39 is 5.91 Å². The molecule has 1 amide bonds. The number of fused-ring (bicyclic) bond motifs is 2. The number of benzene rings is 1. The molecule has 30 heavy (non-hydrogen) atoms. The van der Waals surface area contributed by atoms with Crippen LogP contribution in [0.1, 0.15) is 26.5 Å². The number of anilines is 1. The number of likely N-dealkylation sites (N-methyl/N-ethyl adjacent to an activating group) is 1. The summed E-state index contributed by atoms with van der Waals surface area (Å²) in [6.07, 6.45) is 2.54. The van der Waals surface area contributed by atoms with Gasteiger partial charge in [0.2, 0.25) is 5.91 Å². The summed E-state index contributed by atoms with van der Waals surface area (Å²) in [6.45, 7) is 2.43. The van der Waals surface area contributed by atoms with Gasteiger partial charge in [0.1, 0.15) is 5.82 Å². The van der Waals surface area contributed by atoms with E-state index in [9.17, 15) is 4.79 Å². The van der Waals surface area contributed by atoms with Crippen LogP contribution in [0.4, 0.5) is 5.82 Å². The van der Waals surface area contributed by atoms with E-state index >= 15 is 0 Å². The van der Waals surface area contributed by atoms with Gasteiger partial charge in [-0.1, -0.05) is 12.1 Å². The number of nitrogens with two attached hydrogens (primary N) is 1. The highest BCUT2D eigenvalue weighted by Crippen LogP contribution is 2.27. The average Bonchev–Trinajstić information content (AvgIpc) is 3.41. The number of thiophene rings is 1. The van der Waals surface area contributed by atoms with Crippen LogP contribution in [-0.2, 0) is 19.5 Å². The first-order valence-electron chi connectivity index (χ1n) is 9.71. The quantitative estimate of drug-likeness (QED) is 0.516. The van der Waals surface area contributed by atoms with E-state index in [4.69, 9.17) is 15.7 Å². The lowest BCUT2D eigenvalue weighted by molar-refractivity contribution is 0.100. The van der Waals surface area contributed by atoms with Gasteiger partial charge in [-0.15, -0.1) is 11.3 Å². The first-order chi connectivity index (χ1) is 14.6. The minimum absolute atomic E-state index is 0.437. The molecule has 152 valence electrons. The maximum Gasteiger partial charge on any atom is 0.253 e. The van der Waals surface area contributed by atoms with E-state index in [1.165, 1.54) is 4.88 Å². The molecule has 8 nitrogen and oxygen atoms in total. The Hall–Kier alpha value is -3.30. The van der Waals surface area contributed by atoms with Crippen LogP contribution in [0.3, 0.4) is 0 Å². The molecule has 0 radical (unpaired) electrons. The van der Waals surface area contributed by atoms with Gasteiger partial charge in [0, 0.05) is 28.9 Å². The fourth-order valence-corrected chi connectivity index (χ4v) is 4.44. The third-order valence-corrected chi connectivity index (χ3v) is 6.20. The van der Waals surface area contributed by atoms with Crippen LogP contribution in [0.15, 0.2) is 41.9 Å². The summed E-state index contributed by atoms with van der Waals surface area (Å²) < 4.78 is 1.67. The summed E-state index contributed by atoms with van der Waals surface area (Å²) in [5.74, 6) is 0.840. The third kappa shape index (κ3) is 3.31. The number of rotatable bonds is 5. The molecule has 4 heterocycles. The summed E-state index contributed by atoms with van der Waals surface area (Å²) in [5.41, 5.74) is 8.86. The lowest BCUT2D eigenvalue weighted by Gasteiger charge is -2.26. The first-order valence-corrected chi connectivity index (χ1v) is 10.6. The summed E-state index contributed by atoms with van der Waals surface area (Å²) in [6, 6.07) is 9.54. The molecule has 0 bridgehead atoms. The molecule has 1 aliphatic rings. The van der Waals surface area contributed by atoms with E-state index in [1.54, 1.807) is 34.3 Å². The molecular weight excluding hydrogens is 398 g/mol. The average molecular weight is 420 g/mol. The molecule has 4 aromatic rings. The summed E-state index contributed by atoms with van der Waals surface area (Å²) in [4.78, 5) is 24.9. The van der Waals surface area contributed by atoms with E-state index in [2.05, 4.69) is 33.8 Å². The molecule has 0 aliphatic carbocycles. The Balaban J connectivity index is 1.61. The van der Waals surface area contributed by atoms with E-state index in [-0.39, 0.29) is 0 Å². The second-order valence-electron chi connectivity index (χ2n) is 7.38. The highest BCUT2D eigenvalue weighted by Gasteiger charge is 2.22. The normalized spacial score (nSPS) is 14.0. The molecular formula is C21H21N7OS. The van der Waals surface area contributed by atoms with Crippen molar-refractivity contribution in [2.24, 2.45) is 5.73 Å². The molecule has 0 saturated carbocycles. The van der Waals surface area contributed by atoms with Crippen molar-refractivity contribution in [1.82, 2.24) is 24.6 Å². The monoisotopic (exact) mass is 419 g/mol. The van der Waals surface area contributed by atoms with Gasteiger partial charge in [-0.25, -0.2) is 4.98 Å². The van der Waals surface area contributed by atoms with Gasteiger partial charge >= 0.3 is 0 Å².